The molecule has 5 heterocycles. The quantitative estimate of drug-likeness (QED) is 0.477. The van der Waals surface area contributed by atoms with Crippen molar-refractivity contribution in [2.45, 2.75) is 26.1 Å². The first kappa shape index (κ1) is 20.1. The molecule has 0 bridgehead atoms. The summed E-state index contributed by atoms with van der Waals surface area (Å²) < 4.78 is 39.7. The maximum atomic E-state index is 12.8. The Morgan fingerprint density at radius 1 is 1.00 bits per heavy atom. The number of hydrogen-bond donors (Lipinski definition) is 0. The molecule has 0 fully saturated rings. The molecule has 4 aromatic heterocycles. The molecule has 7 nitrogen and oxygen atoms in total. The Kier molecular flexibility index (Phi) is 4.65. The summed E-state index contributed by atoms with van der Waals surface area (Å²) in [7, 11) is 0. The minimum atomic E-state index is -4.48. The second-order valence-corrected chi connectivity index (χ2v) is 7.64. The minimum Gasteiger partial charge on any atom is -0.350 e. The van der Waals surface area contributed by atoms with Gasteiger partial charge in [-0.25, -0.2) is 4.98 Å². The van der Waals surface area contributed by atoms with Gasteiger partial charge in [0.05, 0.1) is 0 Å². The van der Waals surface area contributed by atoms with Crippen LogP contribution < -0.4 is 10.5 Å². The third-order valence-corrected chi connectivity index (χ3v) is 5.47. The van der Waals surface area contributed by atoms with Crippen LogP contribution in [-0.4, -0.2) is 31.1 Å². The van der Waals surface area contributed by atoms with Crippen LogP contribution in [0.2, 0.25) is 0 Å². The zero-order chi connectivity index (χ0) is 22.5. The van der Waals surface area contributed by atoms with Crippen LogP contribution in [0.5, 0.6) is 0 Å². The average molecular weight is 438 g/mol. The number of alkyl halides is 3. The first-order valence-corrected chi connectivity index (χ1v) is 9.92. The fourth-order valence-corrected chi connectivity index (χ4v) is 3.86. The topological polar surface area (TPSA) is 76.3 Å². The van der Waals surface area contributed by atoms with Crippen molar-refractivity contribution in [3.05, 3.63) is 81.8 Å². The second-order valence-electron chi connectivity index (χ2n) is 7.64. The van der Waals surface area contributed by atoms with Gasteiger partial charge in [-0.15, -0.1) is 5.10 Å². The zero-order valence-corrected chi connectivity index (χ0v) is 17.0. The molecule has 0 spiro atoms. The van der Waals surface area contributed by atoms with E-state index in [1.54, 1.807) is 6.20 Å². The van der Waals surface area contributed by atoms with Crippen molar-refractivity contribution in [2.24, 2.45) is 0 Å². The number of aryl methyl sites for hydroxylation is 1. The van der Waals surface area contributed by atoms with Crippen LogP contribution in [0.4, 0.5) is 19.0 Å². The molecule has 0 N–H and O–H groups in total. The van der Waals surface area contributed by atoms with Crippen molar-refractivity contribution in [3.8, 4) is 11.1 Å². The summed E-state index contributed by atoms with van der Waals surface area (Å²) in [5, 5.41) is 4.51. The van der Waals surface area contributed by atoms with Crippen molar-refractivity contribution in [1.29, 1.82) is 0 Å². The van der Waals surface area contributed by atoms with Crippen LogP contribution in [0.25, 0.3) is 16.8 Å². The molecule has 0 saturated carbocycles. The molecule has 4 aromatic rings. The van der Waals surface area contributed by atoms with Crippen molar-refractivity contribution in [3.63, 3.8) is 0 Å². The summed E-state index contributed by atoms with van der Waals surface area (Å²) in [5.41, 5.74) is 3.32. The Hall–Kier alpha value is -3.82. The molecule has 0 aliphatic carbocycles. The number of aromatic nitrogens is 5. The second kappa shape index (κ2) is 7.40. The highest BCUT2D eigenvalue weighted by molar-refractivity contribution is 5.63. The van der Waals surface area contributed by atoms with Crippen LogP contribution in [0.1, 0.15) is 22.5 Å². The molecule has 0 aromatic carbocycles. The fourth-order valence-electron chi connectivity index (χ4n) is 3.86. The van der Waals surface area contributed by atoms with Crippen LogP contribution >= 0.6 is 0 Å². The van der Waals surface area contributed by atoms with E-state index in [2.05, 4.69) is 25.0 Å². The maximum absolute atomic E-state index is 12.8. The van der Waals surface area contributed by atoms with Gasteiger partial charge in [-0.3, -0.25) is 14.8 Å². The molecule has 32 heavy (non-hydrogen) atoms. The fraction of sp³-hybridized carbons (Fsp3) is 0.227. The van der Waals surface area contributed by atoms with Gasteiger partial charge < -0.3 is 4.90 Å². The standard InChI is InChI=1S/C22H17F3N6O/c1-13-8-19-26-6-4-20(32)31(19)29-21(13)30-7-5-17-16(12-30)9-15(11-27-17)14-2-3-18(28-10-14)22(23,24)25/h2-4,6,8-11H,5,7,12H2,1H3. The van der Waals surface area contributed by atoms with Gasteiger partial charge in [0, 0.05) is 61.0 Å². The number of rotatable bonds is 2. The Morgan fingerprint density at radius 3 is 2.56 bits per heavy atom. The highest BCUT2D eigenvalue weighted by atomic mass is 19.4. The Bertz CT molecular complexity index is 1380. The zero-order valence-electron chi connectivity index (χ0n) is 17.0. The number of pyridine rings is 2. The molecule has 1 aliphatic rings. The molecule has 1 aliphatic heterocycles. The van der Waals surface area contributed by atoms with Crippen LogP contribution in [-0.2, 0) is 19.1 Å². The van der Waals surface area contributed by atoms with E-state index in [1.165, 1.54) is 29.0 Å². The van der Waals surface area contributed by atoms with Gasteiger partial charge >= 0.3 is 6.18 Å². The predicted molar refractivity (Wildman–Crippen MR) is 111 cm³/mol. The van der Waals surface area contributed by atoms with Crippen molar-refractivity contribution in [2.75, 3.05) is 11.4 Å². The van der Waals surface area contributed by atoms with E-state index in [0.29, 0.717) is 42.1 Å². The lowest BCUT2D eigenvalue weighted by molar-refractivity contribution is -0.141. The molecule has 0 saturated heterocycles. The monoisotopic (exact) mass is 438 g/mol. The summed E-state index contributed by atoms with van der Waals surface area (Å²) in [6, 6.07) is 7.47. The largest absolute Gasteiger partial charge is 0.433 e. The van der Waals surface area contributed by atoms with Crippen LogP contribution in [0.3, 0.4) is 0 Å². The van der Waals surface area contributed by atoms with Gasteiger partial charge in [0.1, 0.15) is 5.69 Å². The van der Waals surface area contributed by atoms with Gasteiger partial charge in [-0.05, 0) is 36.2 Å². The van der Waals surface area contributed by atoms with Crippen LogP contribution in [0, 0.1) is 6.92 Å². The van der Waals surface area contributed by atoms with Gasteiger partial charge in [0.25, 0.3) is 5.56 Å². The number of fused-ring (bicyclic) bond motifs is 2. The molecular formula is C22H17F3N6O. The molecule has 10 heteroatoms. The van der Waals surface area contributed by atoms with Crippen molar-refractivity contribution >= 4 is 11.5 Å². The van der Waals surface area contributed by atoms with E-state index >= 15 is 0 Å². The number of anilines is 1. The average Bonchev–Trinajstić information content (AvgIpc) is 2.78. The summed E-state index contributed by atoms with van der Waals surface area (Å²) >= 11 is 0. The maximum Gasteiger partial charge on any atom is 0.433 e. The molecule has 0 unspecified atom stereocenters. The van der Waals surface area contributed by atoms with Gasteiger partial charge in [0.15, 0.2) is 11.5 Å². The third kappa shape index (κ3) is 3.57. The van der Waals surface area contributed by atoms with E-state index < -0.39 is 11.9 Å². The van der Waals surface area contributed by atoms with Gasteiger partial charge in [0.2, 0.25) is 0 Å². The van der Waals surface area contributed by atoms with E-state index in [0.717, 1.165) is 22.9 Å². The number of hydrogen-bond acceptors (Lipinski definition) is 6. The number of nitrogens with zero attached hydrogens (tertiary/aromatic N) is 6. The Labute approximate surface area is 180 Å². The van der Waals surface area contributed by atoms with Gasteiger partial charge in [-0.2, -0.15) is 17.7 Å². The van der Waals surface area contributed by atoms with Crippen LogP contribution in [0.15, 0.2) is 53.7 Å². The van der Waals surface area contributed by atoms with E-state index in [1.807, 2.05) is 19.1 Å². The molecule has 0 atom stereocenters. The summed E-state index contributed by atoms with van der Waals surface area (Å²) in [4.78, 5) is 26.5. The highest BCUT2D eigenvalue weighted by Crippen LogP contribution is 2.30. The summed E-state index contributed by atoms with van der Waals surface area (Å²) in [6.45, 7) is 3.10. The minimum absolute atomic E-state index is 0.257. The lowest BCUT2D eigenvalue weighted by Gasteiger charge is -2.30. The lowest BCUT2D eigenvalue weighted by Crippen LogP contribution is -2.33. The first-order chi connectivity index (χ1) is 15.3. The highest BCUT2D eigenvalue weighted by Gasteiger charge is 2.32. The Balaban J connectivity index is 1.47. The third-order valence-electron chi connectivity index (χ3n) is 5.47. The molecule has 0 amide bonds. The van der Waals surface area contributed by atoms with Crippen molar-refractivity contribution in [1.82, 2.24) is 24.6 Å². The first-order valence-electron chi connectivity index (χ1n) is 9.92. The smallest absolute Gasteiger partial charge is 0.350 e. The Morgan fingerprint density at radius 2 is 1.81 bits per heavy atom. The van der Waals surface area contributed by atoms with E-state index in [-0.39, 0.29) is 5.56 Å². The van der Waals surface area contributed by atoms with Gasteiger partial charge in [-0.1, -0.05) is 6.07 Å². The molecule has 162 valence electrons. The predicted octanol–water partition coefficient (Wildman–Crippen LogP) is 3.44. The molecule has 5 rings (SSSR count). The SMILES string of the molecule is Cc1cc2nccc(=O)n2nc1N1CCc2ncc(-c3ccc(C(F)(F)F)nc3)cc2C1. The summed E-state index contributed by atoms with van der Waals surface area (Å²) in [5.74, 6) is 0.680. The van der Waals surface area contributed by atoms with E-state index in [9.17, 15) is 18.0 Å². The van der Waals surface area contributed by atoms with E-state index in [4.69, 9.17) is 0 Å². The molecule has 0 radical (unpaired) electrons. The molecular weight excluding hydrogens is 421 g/mol. The van der Waals surface area contributed by atoms with Crippen molar-refractivity contribution < 1.29 is 13.2 Å². The lowest BCUT2D eigenvalue weighted by atomic mass is 10.0. The number of halogens is 3. The normalized spacial score (nSPS) is 13.9. The summed E-state index contributed by atoms with van der Waals surface area (Å²) in [6.07, 6.45) is 0.529.